The summed E-state index contributed by atoms with van der Waals surface area (Å²) >= 11 is 0. The number of rotatable bonds is 69. The molecule has 91 heavy (non-hydrogen) atoms. The van der Waals surface area contributed by atoms with E-state index in [4.69, 9.17) is 37.0 Å². The standard InChI is InChI=1S/C72H140O17P2/c1-9-65(8)51-43-35-30-31-39-47-55-72(77)89-68(59-83-70(75)53-45-37-29-23-26-34-42-50-64(6)7)61-87-91(80,81)85-57-66(73)56-84-90(78,79)86-60-67(88-71(76)54-46-38-28-22-18-14-13-16-20-25-33-41-49-63(4)5)58-82-69(74)52-44-36-27-21-17-12-10-11-15-19-24-32-40-48-62(2)3/h62-68,73H,9-61H2,1-8H3,(H,78,79)(H,80,81)/t65?,66?,67-,68-/m1/s1. The van der Waals surface area contributed by atoms with Crippen molar-refractivity contribution < 1.29 is 80.2 Å². The fraction of sp³-hybridized carbons (Fsp3) is 0.944. The highest BCUT2D eigenvalue weighted by molar-refractivity contribution is 7.47. The van der Waals surface area contributed by atoms with Crippen molar-refractivity contribution in [3.8, 4) is 0 Å². The third kappa shape index (κ3) is 65.1. The van der Waals surface area contributed by atoms with Crippen molar-refractivity contribution in [1.29, 1.82) is 0 Å². The molecule has 3 N–H and O–H groups in total. The number of carbonyl (C=O) groups excluding carboxylic acids is 4. The molecule has 0 rings (SSSR count). The van der Waals surface area contributed by atoms with E-state index in [9.17, 15) is 43.2 Å². The van der Waals surface area contributed by atoms with Crippen molar-refractivity contribution in [1.82, 2.24) is 0 Å². The number of ether oxygens (including phenoxy) is 4. The summed E-state index contributed by atoms with van der Waals surface area (Å²) in [6, 6.07) is 0. The molecule has 6 atom stereocenters. The maximum absolute atomic E-state index is 13.0. The third-order valence-corrected chi connectivity index (χ3v) is 18.8. The molecule has 0 aliphatic heterocycles. The Kier molecular flexibility index (Phi) is 60.3. The van der Waals surface area contributed by atoms with Crippen LogP contribution in [0.4, 0.5) is 0 Å². The van der Waals surface area contributed by atoms with Crippen LogP contribution in [0.2, 0.25) is 0 Å². The number of phosphoric ester groups is 2. The summed E-state index contributed by atoms with van der Waals surface area (Å²) in [7, 11) is -9.91. The SMILES string of the molecule is CCC(C)CCCCCCCCC(=O)O[C@H](COC(=O)CCCCCCCCCC(C)C)COP(=O)(O)OCC(O)COP(=O)(O)OC[C@@H](COC(=O)CCCCCCCCCCCCCCCC(C)C)OC(=O)CCCCCCCCCCCCCCC(C)C. The van der Waals surface area contributed by atoms with Gasteiger partial charge < -0.3 is 33.8 Å². The smallest absolute Gasteiger partial charge is 0.462 e. The van der Waals surface area contributed by atoms with E-state index < -0.39 is 97.5 Å². The van der Waals surface area contributed by atoms with Crippen molar-refractivity contribution in [2.24, 2.45) is 23.7 Å². The fourth-order valence-corrected chi connectivity index (χ4v) is 12.4. The van der Waals surface area contributed by atoms with Gasteiger partial charge in [0.05, 0.1) is 26.4 Å². The lowest BCUT2D eigenvalue weighted by molar-refractivity contribution is -0.161. The van der Waals surface area contributed by atoms with Gasteiger partial charge in [0.2, 0.25) is 0 Å². The van der Waals surface area contributed by atoms with Gasteiger partial charge in [0, 0.05) is 25.7 Å². The molecular weight excluding hydrogens is 1200 g/mol. The van der Waals surface area contributed by atoms with Gasteiger partial charge in [-0.15, -0.1) is 0 Å². The Balaban J connectivity index is 5.24. The van der Waals surface area contributed by atoms with Crippen LogP contribution in [0.1, 0.15) is 357 Å². The molecule has 0 aromatic rings. The molecule has 0 aromatic heterocycles. The zero-order valence-corrected chi connectivity index (χ0v) is 61.3. The molecule has 0 bridgehead atoms. The second kappa shape index (κ2) is 61.6. The summed E-state index contributed by atoms with van der Waals surface area (Å²) < 4.78 is 68.3. The van der Waals surface area contributed by atoms with E-state index in [0.29, 0.717) is 31.6 Å². The van der Waals surface area contributed by atoms with Crippen LogP contribution in [0.25, 0.3) is 0 Å². The molecule has 4 unspecified atom stereocenters. The average Bonchev–Trinajstić information content (AvgIpc) is 3.64. The molecule has 0 saturated heterocycles. The molecule has 17 nitrogen and oxygen atoms in total. The quantitative estimate of drug-likeness (QED) is 0.0222. The van der Waals surface area contributed by atoms with E-state index in [1.54, 1.807) is 0 Å². The monoisotopic (exact) mass is 1340 g/mol. The molecule has 0 aliphatic carbocycles. The number of hydrogen-bond donors (Lipinski definition) is 3. The first-order valence-electron chi connectivity index (χ1n) is 37.2. The second-order valence-corrected chi connectivity index (χ2v) is 30.6. The normalized spacial score (nSPS) is 14.5. The first-order chi connectivity index (χ1) is 43.6. The summed E-state index contributed by atoms with van der Waals surface area (Å²) in [5.41, 5.74) is 0. The van der Waals surface area contributed by atoms with Gasteiger partial charge in [-0.05, 0) is 49.4 Å². The van der Waals surface area contributed by atoms with Crippen LogP contribution in [0, 0.1) is 23.7 Å². The summed E-state index contributed by atoms with van der Waals surface area (Å²) in [5.74, 6) is 0.864. The van der Waals surface area contributed by atoms with Gasteiger partial charge >= 0.3 is 39.5 Å². The van der Waals surface area contributed by atoms with Crippen LogP contribution < -0.4 is 0 Å². The Hall–Kier alpha value is -1.94. The number of unbranched alkanes of at least 4 members (excludes halogenated alkanes) is 34. The maximum Gasteiger partial charge on any atom is 0.472 e. The minimum atomic E-state index is -4.95. The molecule has 0 amide bonds. The zero-order chi connectivity index (χ0) is 67.5. The van der Waals surface area contributed by atoms with E-state index in [0.717, 1.165) is 114 Å². The number of carbonyl (C=O) groups is 4. The Morgan fingerprint density at radius 2 is 0.527 bits per heavy atom. The van der Waals surface area contributed by atoms with E-state index in [1.807, 2.05) is 0 Å². The van der Waals surface area contributed by atoms with Gasteiger partial charge in [0.25, 0.3) is 0 Å². The molecule has 0 heterocycles. The highest BCUT2D eigenvalue weighted by Crippen LogP contribution is 2.45. The first kappa shape index (κ1) is 89.1. The summed E-state index contributed by atoms with van der Waals surface area (Å²) in [6.07, 6.45) is 44.5. The summed E-state index contributed by atoms with van der Waals surface area (Å²) in [5, 5.41) is 10.6. The highest BCUT2D eigenvalue weighted by Gasteiger charge is 2.30. The Bertz CT molecular complexity index is 1800. The molecule has 0 aliphatic rings. The predicted molar refractivity (Wildman–Crippen MR) is 367 cm³/mol. The van der Waals surface area contributed by atoms with E-state index in [2.05, 4.69) is 55.4 Å². The largest absolute Gasteiger partial charge is 0.472 e. The van der Waals surface area contributed by atoms with Crippen LogP contribution in [-0.2, 0) is 65.4 Å². The van der Waals surface area contributed by atoms with Crippen molar-refractivity contribution in [3.05, 3.63) is 0 Å². The summed E-state index contributed by atoms with van der Waals surface area (Å²) in [4.78, 5) is 72.6. The maximum atomic E-state index is 13.0. The van der Waals surface area contributed by atoms with Crippen molar-refractivity contribution in [2.45, 2.75) is 375 Å². The Morgan fingerprint density at radius 1 is 0.308 bits per heavy atom. The van der Waals surface area contributed by atoms with Crippen molar-refractivity contribution in [2.75, 3.05) is 39.6 Å². The molecular formula is C72H140O17P2. The minimum Gasteiger partial charge on any atom is -0.462 e. The van der Waals surface area contributed by atoms with Gasteiger partial charge in [-0.3, -0.25) is 37.3 Å². The average molecular weight is 1340 g/mol. The highest BCUT2D eigenvalue weighted by atomic mass is 31.2. The topological polar surface area (TPSA) is 237 Å². The van der Waals surface area contributed by atoms with Crippen LogP contribution in [0.5, 0.6) is 0 Å². The molecule has 0 saturated carbocycles. The number of aliphatic hydroxyl groups excluding tert-OH is 1. The predicted octanol–water partition coefficient (Wildman–Crippen LogP) is 20.5. The summed E-state index contributed by atoms with van der Waals surface area (Å²) in [6.45, 7) is 14.1. The Morgan fingerprint density at radius 3 is 0.780 bits per heavy atom. The van der Waals surface area contributed by atoms with E-state index in [1.165, 1.54) is 154 Å². The van der Waals surface area contributed by atoms with Gasteiger partial charge in [-0.1, -0.05) is 306 Å². The van der Waals surface area contributed by atoms with E-state index >= 15 is 0 Å². The van der Waals surface area contributed by atoms with Crippen molar-refractivity contribution >= 4 is 39.5 Å². The number of hydrogen-bond acceptors (Lipinski definition) is 15. The van der Waals surface area contributed by atoms with Crippen molar-refractivity contribution in [3.63, 3.8) is 0 Å². The van der Waals surface area contributed by atoms with Gasteiger partial charge in [-0.2, -0.15) is 0 Å². The lowest BCUT2D eigenvalue weighted by atomic mass is 10.00. The van der Waals surface area contributed by atoms with Crippen LogP contribution in [0.15, 0.2) is 0 Å². The van der Waals surface area contributed by atoms with Gasteiger partial charge in [0.1, 0.15) is 19.3 Å². The molecule has 0 spiro atoms. The fourth-order valence-electron chi connectivity index (χ4n) is 10.8. The lowest BCUT2D eigenvalue weighted by Gasteiger charge is -2.21. The molecule has 540 valence electrons. The number of phosphoric acid groups is 2. The van der Waals surface area contributed by atoms with Gasteiger partial charge in [-0.25, -0.2) is 9.13 Å². The van der Waals surface area contributed by atoms with E-state index in [-0.39, 0.29) is 25.7 Å². The minimum absolute atomic E-state index is 0.102. The molecule has 0 radical (unpaired) electrons. The Labute approximate surface area is 556 Å². The number of aliphatic hydroxyl groups is 1. The lowest BCUT2D eigenvalue weighted by Crippen LogP contribution is -2.30. The third-order valence-electron chi connectivity index (χ3n) is 16.9. The molecule has 0 aromatic carbocycles. The molecule has 0 fully saturated rings. The number of esters is 4. The van der Waals surface area contributed by atoms with Crippen LogP contribution in [-0.4, -0.2) is 96.7 Å². The molecule has 19 heteroatoms. The first-order valence-corrected chi connectivity index (χ1v) is 40.2. The van der Waals surface area contributed by atoms with Crippen LogP contribution >= 0.6 is 15.6 Å². The van der Waals surface area contributed by atoms with Crippen LogP contribution in [0.3, 0.4) is 0 Å². The second-order valence-electron chi connectivity index (χ2n) is 27.6. The zero-order valence-electron chi connectivity index (χ0n) is 59.5. The van der Waals surface area contributed by atoms with Gasteiger partial charge in [0.15, 0.2) is 12.2 Å².